The Morgan fingerprint density at radius 1 is 1.54 bits per heavy atom. The Morgan fingerprint density at radius 3 is 3.00 bits per heavy atom. The fourth-order valence-corrected chi connectivity index (χ4v) is 1.04. The van der Waals surface area contributed by atoms with Gasteiger partial charge in [0.25, 0.3) is 0 Å². The van der Waals surface area contributed by atoms with Crippen molar-refractivity contribution in [2.24, 2.45) is 0 Å². The van der Waals surface area contributed by atoms with Crippen molar-refractivity contribution in [1.29, 1.82) is 0 Å². The number of H-pyrrole nitrogens is 1. The van der Waals surface area contributed by atoms with Crippen molar-refractivity contribution in [2.75, 3.05) is 13.2 Å². The normalized spacial score (nSPS) is 10.5. The van der Waals surface area contributed by atoms with E-state index < -0.39 is 0 Å². The third-order valence-corrected chi connectivity index (χ3v) is 1.94. The van der Waals surface area contributed by atoms with Crippen LogP contribution in [0.5, 0.6) is 0 Å². The van der Waals surface area contributed by atoms with E-state index in [-0.39, 0.29) is 0 Å². The zero-order valence-electron chi connectivity index (χ0n) is 7.69. The number of hydrogen-bond donors (Lipinski definition) is 1. The van der Waals surface area contributed by atoms with Gasteiger partial charge in [-0.2, -0.15) is 5.21 Å². The largest absolute Gasteiger partial charge is 0.380 e. The minimum absolute atomic E-state index is 0.471. The highest BCUT2D eigenvalue weighted by Gasteiger charge is 1.94. The lowest BCUT2D eigenvalue weighted by Gasteiger charge is -2.02. The van der Waals surface area contributed by atoms with Crippen LogP contribution in [-0.4, -0.2) is 33.4 Å². The van der Waals surface area contributed by atoms with Crippen LogP contribution in [0.3, 0.4) is 0 Å². The van der Waals surface area contributed by atoms with Gasteiger partial charge in [0.15, 0.2) is 0 Å². The summed E-state index contributed by atoms with van der Waals surface area (Å²) in [4.78, 5) is 0. The smallest absolute Gasteiger partial charge is 0.238 e. The Hall–Kier alpha value is -0.750. The van der Waals surface area contributed by atoms with E-state index in [1.807, 2.05) is 0 Å². The zero-order valence-corrected chi connectivity index (χ0v) is 8.51. The van der Waals surface area contributed by atoms with E-state index in [2.05, 4.69) is 22.4 Å². The maximum atomic E-state index is 5.36. The monoisotopic (exact) mass is 202 g/mol. The van der Waals surface area contributed by atoms with Crippen LogP contribution >= 0.6 is 12.2 Å². The third-order valence-electron chi connectivity index (χ3n) is 1.63. The van der Waals surface area contributed by atoms with Gasteiger partial charge in [-0.25, -0.2) is 4.68 Å². The Kier molecular flexibility index (Phi) is 4.63. The molecule has 1 N–H and O–H groups in total. The van der Waals surface area contributed by atoms with Gasteiger partial charge in [0, 0.05) is 6.61 Å². The number of rotatable bonds is 6. The second-order valence-electron chi connectivity index (χ2n) is 2.70. The summed E-state index contributed by atoms with van der Waals surface area (Å²) in [7, 11) is 0. The van der Waals surface area contributed by atoms with E-state index in [0.717, 1.165) is 19.4 Å². The number of tetrazole rings is 1. The van der Waals surface area contributed by atoms with Gasteiger partial charge in [-0.05, 0) is 18.6 Å². The summed E-state index contributed by atoms with van der Waals surface area (Å²) >= 11 is 4.89. The first-order chi connectivity index (χ1) is 6.34. The van der Waals surface area contributed by atoms with E-state index in [0.29, 0.717) is 17.9 Å². The summed E-state index contributed by atoms with van der Waals surface area (Å²) in [5, 5.41) is 9.88. The molecule has 0 amide bonds. The maximum Gasteiger partial charge on any atom is 0.238 e. The number of unbranched alkanes of at least 4 members (excludes halogenated alkanes) is 1. The Labute approximate surface area is 82.1 Å². The average Bonchev–Trinajstić information content (AvgIpc) is 2.52. The van der Waals surface area contributed by atoms with Crippen molar-refractivity contribution < 1.29 is 4.74 Å². The van der Waals surface area contributed by atoms with Gasteiger partial charge in [-0.3, -0.25) is 0 Å². The van der Waals surface area contributed by atoms with Gasteiger partial charge in [0.2, 0.25) is 4.77 Å². The minimum atomic E-state index is 0.471. The molecule has 0 radical (unpaired) electrons. The topological polar surface area (TPSA) is 55.7 Å². The van der Waals surface area contributed by atoms with Crippen LogP contribution in [0.2, 0.25) is 0 Å². The molecule has 0 saturated heterocycles. The number of hydrogen-bond acceptors (Lipinski definition) is 4. The molecule has 0 aliphatic rings. The Balaban J connectivity index is 2.13. The van der Waals surface area contributed by atoms with Crippen LogP contribution in [0.1, 0.15) is 19.8 Å². The third kappa shape index (κ3) is 3.65. The van der Waals surface area contributed by atoms with Crippen molar-refractivity contribution in [3.8, 4) is 0 Å². The molecule has 1 aromatic rings. The molecule has 1 aromatic heterocycles. The quantitative estimate of drug-likeness (QED) is 0.555. The molecule has 0 aliphatic heterocycles. The highest BCUT2D eigenvalue weighted by Crippen LogP contribution is 1.89. The Morgan fingerprint density at radius 2 is 2.38 bits per heavy atom. The van der Waals surface area contributed by atoms with Crippen LogP contribution in [0.4, 0.5) is 0 Å². The Bertz CT molecular complexity index is 282. The predicted octanol–water partition coefficient (Wildman–Crippen LogP) is 1.15. The molecule has 1 heterocycles. The molecule has 6 heteroatoms. The molecular formula is C7H14N4OS. The minimum Gasteiger partial charge on any atom is -0.380 e. The van der Waals surface area contributed by atoms with E-state index in [1.165, 1.54) is 0 Å². The van der Waals surface area contributed by atoms with Gasteiger partial charge in [-0.15, -0.1) is 0 Å². The van der Waals surface area contributed by atoms with Crippen molar-refractivity contribution in [1.82, 2.24) is 20.2 Å². The number of ether oxygens (including phenoxy) is 1. The highest BCUT2D eigenvalue weighted by atomic mass is 32.1. The van der Waals surface area contributed by atoms with Crippen LogP contribution in [-0.2, 0) is 11.3 Å². The van der Waals surface area contributed by atoms with Crippen LogP contribution < -0.4 is 0 Å². The fourth-order valence-electron chi connectivity index (χ4n) is 0.866. The lowest BCUT2D eigenvalue weighted by Crippen LogP contribution is -2.08. The molecule has 1 rings (SSSR count). The summed E-state index contributed by atoms with van der Waals surface area (Å²) in [5.74, 6) is 0. The van der Waals surface area contributed by atoms with Crippen molar-refractivity contribution in [2.45, 2.75) is 26.3 Å². The molecule has 0 saturated carbocycles. The molecule has 0 unspecified atom stereocenters. The zero-order chi connectivity index (χ0) is 9.52. The molecule has 0 aromatic carbocycles. The van der Waals surface area contributed by atoms with Crippen molar-refractivity contribution in [3.63, 3.8) is 0 Å². The predicted molar refractivity (Wildman–Crippen MR) is 50.9 cm³/mol. The summed E-state index contributed by atoms with van der Waals surface area (Å²) < 4.78 is 7.51. The molecular weight excluding hydrogens is 188 g/mol. The van der Waals surface area contributed by atoms with E-state index >= 15 is 0 Å². The first kappa shape index (κ1) is 10.3. The fraction of sp³-hybridized carbons (Fsp3) is 0.857. The average molecular weight is 202 g/mol. The molecule has 0 bridgehead atoms. The highest BCUT2D eigenvalue weighted by molar-refractivity contribution is 7.71. The second kappa shape index (κ2) is 5.82. The van der Waals surface area contributed by atoms with E-state index in [4.69, 9.17) is 17.0 Å². The van der Waals surface area contributed by atoms with Gasteiger partial charge >= 0.3 is 0 Å². The summed E-state index contributed by atoms with van der Waals surface area (Å²) in [6.07, 6.45) is 2.26. The molecule has 0 aliphatic carbocycles. The standard InChI is InChI=1S/C7H14N4OS/c1-2-3-5-12-6-4-11-7(13)8-9-10-11/h2-6H2,1H3,(H,8,10,13). The van der Waals surface area contributed by atoms with Crippen LogP contribution in [0, 0.1) is 4.77 Å². The number of nitrogens with zero attached hydrogens (tertiary/aromatic N) is 3. The van der Waals surface area contributed by atoms with Gasteiger partial charge in [0.05, 0.1) is 13.2 Å². The molecule has 0 fully saturated rings. The first-order valence-corrected chi connectivity index (χ1v) is 4.81. The van der Waals surface area contributed by atoms with Gasteiger partial charge in [-0.1, -0.05) is 23.7 Å². The maximum absolute atomic E-state index is 5.36. The van der Waals surface area contributed by atoms with Gasteiger partial charge < -0.3 is 4.74 Å². The molecule has 5 nitrogen and oxygen atoms in total. The number of nitrogens with one attached hydrogen (secondary N) is 1. The lowest BCUT2D eigenvalue weighted by atomic mass is 10.4. The van der Waals surface area contributed by atoms with E-state index in [1.54, 1.807) is 4.68 Å². The first-order valence-electron chi connectivity index (χ1n) is 4.40. The summed E-state index contributed by atoms with van der Waals surface area (Å²) in [6, 6.07) is 0. The summed E-state index contributed by atoms with van der Waals surface area (Å²) in [6.45, 7) is 4.29. The van der Waals surface area contributed by atoms with Crippen LogP contribution in [0.25, 0.3) is 0 Å². The van der Waals surface area contributed by atoms with E-state index in [9.17, 15) is 0 Å². The molecule has 74 valence electrons. The number of aromatic amines is 1. The molecule has 13 heavy (non-hydrogen) atoms. The van der Waals surface area contributed by atoms with Crippen LogP contribution in [0.15, 0.2) is 0 Å². The number of aromatic nitrogens is 4. The summed E-state index contributed by atoms with van der Waals surface area (Å²) in [5.41, 5.74) is 0. The van der Waals surface area contributed by atoms with Crippen molar-refractivity contribution >= 4 is 12.2 Å². The SMILES string of the molecule is CCCCOCCn1[nH]nnc1=S. The molecule has 0 spiro atoms. The second-order valence-corrected chi connectivity index (χ2v) is 3.07. The molecule has 0 atom stereocenters. The van der Waals surface area contributed by atoms with Gasteiger partial charge in [0.1, 0.15) is 0 Å². The van der Waals surface area contributed by atoms with Crippen molar-refractivity contribution in [3.05, 3.63) is 4.77 Å². The lowest BCUT2D eigenvalue weighted by molar-refractivity contribution is 0.120.